The molecule has 3 rings (SSSR count). The minimum absolute atomic E-state index is 0.819. The fourth-order valence-corrected chi connectivity index (χ4v) is 2.14. The number of fused-ring (bicyclic) bond motifs is 2. The first-order valence-corrected chi connectivity index (χ1v) is 5.42. The molecule has 0 heterocycles. The van der Waals surface area contributed by atoms with E-state index in [2.05, 4.69) is 43.3 Å². The van der Waals surface area contributed by atoms with Gasteiger partial charge in [-0.2, -0.15) is 0 Å². The Kier molecular flexibility index (Phi) is 1.87. The Labute approximate surface area is 94.5 Å². The summed E-state index contributed by atoms with van der Waals surface area (Å²) in [7, 11) is 0. The van der Waals surface area contributed by atoms with Crippen LogP contribution in [0.15, 0.2) is 48.5 Å². The molecule has 0 saturated carbocycles. The highest BCUT2D eigenvalue weighted by Crippen LogP contribution is 2.25. The number of hydrogen-bond acceptors (Lipinski definition) is 1. The van der Waals surface area contributed by atoms with Crippen molar-refractivity contribution >= 4 is 27.2 Å². The highest BCUT2D eigenvalue weighted by Gasteiger charge is 1.98. The lowest BCUT2D eigenvalue weighted by Crippen LogP contribution is -1.84. The van der Waals surface area contributed by atoms with Gasteiger partial charge in [0.1, 0.15) is 0 Å². The quantitative estimate of drug-likeness (QED) is 0.439. The molecule has 0 aromatic heterocycles. The summed E-state index contributed by atoms with van der Waals surface area (Å²) in [6.07, 6.45) is 0. The zero-order chi connectivity index (χ0) is 11.1. The molecular weight excluding hydrogens is 194 g/mol. The molecule has 78 valence electrons. The Hall–Kier alpha value is -2.02. The maximum absolute atomic E-state index is 5.80. The Bertz CT molecular complexity index is 626. The van der Waals surface area contributed by atoms with Crippen molar-refractivity contribution in [3.8, 4) is 0 Å². The van der Waals surface area contributed by atoms with Crippen molar-refractivity contribution in [1.29, 1.82) is 0 Å². The lowest BCUT2D eigenvalue weighted by atomic mass is 10.0. The van der Waals surface area contributed by atoms with Crippen LogP contribution in [0.3, 0.4) is 0 Å². The van der Waals surface area contributed by atoms with Crippen LogP contribution in [0.2, 0.25) is 0 Å². The van der Waals surface area contributed by atoms with Crippen LogP contribution in [0, 0.1) is 6.92 Å². The Morgan fingerprint density at radius 2 is 1.31 bits per heavy atom. The molecule has 0 aliphatic carbocycles. The maximum atomic E-state index is 5.80. The van der Waals surface area contributed by atoms with E-state index in [-0.39, 0.29) is 0 Å². The number of nitrogens with two attached hydrogens (primary N) is 1. The van der Waals surface area contributed by atoms with Crippen molar-refractivity contribution in [2.45, 2.75) is 6.92 Å². The van der Waals surface area contributed by atoms with Gasteiger partial charge in [0.05, 0.1) is 0 Å². The van der Waals surface area contributed by atoms with Gasteiger partial charge in [-0.3, -0.25) is 0 Å². The molecule has 0 radical (unpaired) electrons. The van der Waals surface area contributed by atoms with Gasteiger partial charge in [-0.1, -0.05) is 29.8 Å². The molecule has 0 saturated heterocycles. The lowest BCUT2D eigenvalue weighted by Gasteiger charge is -2.04. The van der Waals surface area contributed by atoms with Gasteiger partial charge < -0.3 is 5.73 Å². The average Bonchev–Trinajstić information content (AvgIpc) is 2.26. The maximum Gasteiger partial charge on any atom is 0.0320 e. The standard InChI is InChI=1S/C15H13N/c1-10-2-3-11-7-12-4-5-15(16)9-14(12)8-13(11)6-10/h2-9H,16H2,1H3. The minimum atomic E-state index is 0.819. The third-order valence-corrected chi connectivity index (χ3v) is 2.98. The Balaban J connectivity index is 2.44. The van der Waals surface area contributed by atoms with Crippen molar-refractivity contribution in [1.82, 2.24) is 0 Å². The summed E-state index contributed by atoms with van der Waals surface area (Å²) in [5, 5.41) is 5.00. The van der Waals surface area contributed by atoms with E-state index in [0.29, 0.717) is 0 Å². The predicted octanol–water partition coefficient (Wildman–Crippen LogP) is 3.88. The monoisotopic (exact) mass is 207 g/mol. The van der Waals surface area contributed by atoms with E-state index in [1.165, 1.54) is 27.1 Å². The van der Waals surface area contributed by atoms with Crippen molar-refractivity contribution in [3.63, 3.8) is 0 Å². The largest absolute Gasteiger partial charge is 0.399 e. The first kappa shape index (κ1) is 9.22. The highest BCUT2D eigenvalue weighted by molar-refractivity contribution is 5.99. The summed E-state index contributed by atoms with van der Waals surface area (Å²) in [4.78, 5) is 0. The second-order valence-corrected chi connectivity index (χ2v) is 4.31. The highest BCUT2D eigenvalue weighted by atomic mass is 14.5. The number of aryl methyl sites for hydroxylation is 1. The summed E-state index contributed by atoms with van der Waals surface area (Å²) in [5.74, 6) is 0. The van der Waals surface area contributed by atoms with E-state index in [0.717, 1.165) is 5.69 Å². The summed E-state index contributed by atoms with van der Waals surface area (Å²) < 4.78 is 0. The fraction of sp³-hybridized carbons (Fsp3) is 0.0667. The third-order valence-electron chi connectivity index (χ3n) is 2.98. The summed E-state index contributed by atoms with van der Waals surface area (Å²) in [6.45, 7) is 2.11. The van der Waals surface area contributed by atoms with E-state index >= 15 is 0 Å². The van der Waals surface area contributed by atoms with Gasteiger partial charge in [0.15, 0.2) is 0 Å². The van der Waals surface area contributed by atoms with Gasteiger partial charge in [-0.05, 0) is 52.7 Å². The molecule has 0 aliphatic rings. The first-order chi connectivity index (χ1) is 7.72. The zero-order valence-electron chi connectivity index (χ0n) is 9.20. The van der Waals surface area contributed by atoms with Crippen LogP contribution in [0.5, 0.6) is 0 Å². The van der Waals surface area contributed by atoms with E-state index < -0.39 is 0 Å². The molecule has 1 heteroatoms. The minimum Gasteiger partial charge on any atom is -0.399 e. The van der Waals surface area contributed by atoms with Crippen molar-refractivity contribution < 1.29 is 0 Å². The number of rotatable bonds is 0. The van der Waals surface area contributed by atoms with Crippen LogP contribution in [-0.4, -0.2) is 0 Å². The van der Waals surface area contributed by atoms with Crippen LogP contribution in [0.25, 0.3) is 21.5 Å². The zero-order valence-corrected chi connectivity index (χ0v) is 9.20. The SMILES string of the molecule is Cc1ccc2cc3ccc(N)cc3cc2c1. The first-order valence-electron chi connectivity index (χ1n) is 5.42. The van der Waals surface area contributed by atoms with Crippen molar-refractivity contribution in [2.75, 3.05) is 5.73 Å². The van der Waals surface area contributed by atoms with Gasteiger partial charge in [0.25, 0.3) is 0 Å². The molecular formula is C15H13N. The molecule has 0 fully saturated rings. The smallest absolute Gasteiger partial charge is 0.0320 e. The van der Waals surface area contributed by atoms with E-state index in [1.54, 1.807) is 0 Å². The molecule has 0 bridgehead atoms. The van der Waals surface area contributed by atoms with Gasteiger partial charge in [-0.15, -0.1) is 0 Å². The molecule has 1 nitrogen and oxygen atoms in total. The van der Waals surface area contributed by atoms with E-state index in [1.807, 2.05) is 12.1 Å². The predicted molar refractivity (Wildman–Crippen MR) is 70.6 cm³/mol. The second kappa shape index (κ2) is 3.24. The number of anilines is 1. The third kappa shape index (κ3) is 1.41. The average molecular weight is 207 g/mol. The summed E-state index contributed by atoms with van der Waals surface area (Å²) in [5.41, 5.74) is 7.90. The lowest BCUT2D eigenvalue weighted by molar-refractivity contribution is 1.51. The topological polar surface area (TPSA) is 26.0 Å². The molecule has 0 unspecified atom stereocenters. The van der Waals surface area contributed by atoms with Crippen LogP contribution in [0.4, 0.5) is 5.69 Å². The summed E-state index contributed by atoms with van der Waals surface area (Å²) >= 11 is 0. The number of hydrogen-bond donors (Lipinski definition) is 1. The number of benzene rings is 3. The molecule has 2 N–H and O–H groups in total. The Morgan fingerprint density at radius 3 is 2.12 bits per heavy atom. The van der Waals surface area contributed by atoms with Gasteiger partial charge in [-0.25, -0.2) is 0 Å². The van der Waals surface area contributed by atoms with Gasteiger partial charge >= 0.3 is 0 Å². The molecule has 0 aliphatic heterocycles. The number of nitrogen functional groups attached to an aromatic ring is 1. The molecule has 3 aromatic carbocycles. The normalized spacial score (nSPS) is 11.1. The van der Waals surface area contributed by atoms with Crippen LogP contribution in [0.1, 0.15) is 5.56 Å². The second-order valence-electron chi connectivity index (χ2n) is 4.31. The van der Waals surface area contributed by atoms with Crippen LogP contribution in [-0.2, 0) is 0 Å². The molecule has 0 spiro atoms. The fourth-order valence-electron chi connectivity index (χ4n) is 2.14. The Morgan fingerprint density at radius 1 is 0.688 bits per heavy atom. The van der Waals surface area contributed by atoms with Crippen molar-refractivity contribution in [3.05, 3.63) is 54.1 Å². The molecule has 3 aromatic rings. The van der Waals surface area contributed by atoms with Crippen LogP contribution >= 0.6 is 0 Å². The molecule has 0 atom stereocenters. The molecule has 0 amide bonds. The van der Waals surface area contributed by atoms with Crippen molar-refractivity contribution in [2.24, 2.45) is 0 Å². The summed E-state index contributed by atoms with van der Waals surface area (Å²) in [6, 6.07) is 17.0. The molecule has 16 heavy (non-hydrogen) atoms. The van der Waals surface area contributed by atoms with E-state index in [9.17, 15) is 0 Å². The van der Waals surface area contributed by atoms with Crippen LogP contribution < -0.4 is 5.73 Å². The van der Waals surface area contributed by atoms with Gasteiger partial charge in [0.2, 0.25) is 0 Å². The van der Waals surface area contributed by atoms with Gasteiger partial charge in [0, 0.05) is 5.69 Å². The van der Waals surface area contributed by atoms with E-state index in [4.69, 9.17) is 5.73 Å².